The van der Waals surface area contributed by atoms with E-state index in [-0.39, 0.29) is 0 Å². The number of aryl methyl sites for hydroxylation is 3. The molecule has 3 heterocycles. The van der Waals surface area contributed by atoms with Gasteiger partial charge in [-0.05, 0) is 19.4 Å². The van der Waals surface area contributed by atoms with Gasteiger partial charge in [-0.1, -0.05) is 11.6 Å². The highest BCUT2D eigenvalue weighted by Crippen LogP contribution is 2.34. The second kappa shape index (κ2) is 4.03. The summed E-state index contributed by atoms with van der Waals surface area (Å²) < 4.78 is 1.88. The van der Waals surface area contributed by atoms with E-state index >= 15 is 0 Å². The standard InChI is InChI=1S/C12H11ClN4S/c1-6-7(2)18-12-9(6)10(13)15-11(16-12)8-4-14-5-17(8)3/h4-5H,1-3H3. The summed E-state index contributed by atoms with van der Waals surface area (Å²) in [4.78, 5) is 15.2. The van der Waals surface area contributed by atoms with Crippen LogP contribution in [0.4, 0.5) is 0 Å². The molecule has 0 aromatic carbocycles. The second-order valence-electron chi connectivity index (χ2n) is 4.19. The van der Waals surface area contributed by atoms with Crippen molar-refractivity contribution in [3.8, 4) is 11.5 Å². The number of halogens is 1. The average molecular weight is 279 g/mol. The van der Waals surface area contributed by atoms with Crippen molar-refractivity contribution in [2.24, 2.45) is 7.05 Å². The first kappa shape index (κ1) is 11.6. The van der Waals surface area contributed by atoms with E-state index in [0.717, 1.165) is 21.5 Å². The number of aromatic nitrogens is 4. The van der Waals surface area contributed by atoms with Crippen molar-refractivity contribution in [1.29, 1.82) is 0 Å². The van der Waals surface area contributed by atoms with E-state index in [1.165, 1.54) is 4.88 Å². The van der Waals surface area contributed by atoms with Crippen molar-refractivity contribution in [2.45, 2.75) is 13.8 Å². The number of hydrogen-bond acceptors (Lipinski definition) is 4. The van der Waals surface area contributed by atoms with Crippen molar-refractivity contribution >= 4 is 33.2 Å². The Labute approximate surface area is 113 Å². The molecule has 0 atom stereocenters. The first-order valence-corrected chi connectivity index (χ1v) is 6.67. The molecular formula is C12H11ClN4S. The number of nitrogens with zero attached hydrogens (tertiary/aromatic N) is 4. The van der Waals surface area contributed by atoms with Crippen LogP contribution in [0.1, 0.15) is 10.4 Å². The zero-order chi connectivity index (χ0) is 12.9. The summed E-state index contributed by atoms with van der Waals surface area (Å²) >= 11 is 7.92. The summed E-state index contributed by atoms with van der Waals surface area (Å²) in [6, 6.07) is 0. The van der Waals surface area contributed by atoms with Gasteiger partial charge < -0.3 is 4.57 Å². The number of thiophene rings is 1. The van der Waals surface area contributed by atoms with Crippen LogP contribution in [0.5, 0.6) is 0 Å². The van der Waals surface area contributed by atoms with Gasteiger partial charge in [0.25, 0.3) is 0 Å². The zero-order valence-electron chi connectivity index (χ0n) is 10.2. The Morgan fingerprint density at radius 2 is 2.06 bits per heavy atom. The predicted octanol–water partition coefficient (Wildman–Crippen LogP) is 3.36. The summed E-state index contributed by atoms with van der Waals surface area (Å²) in [6.45, 7) is 4.12. The SMILES string of the molecule is Cc1sc2nc(-c3cncn3C)nc(Cl)c2c1C. The molecule has 0 amide bonds. The molecule has 0 aliphatic heterocycles. The quantitative estimate of drug-likeness (QED) is 0.641. The first-order chi connectivity index (χ1) is 8.58. The Kier molecular flexibility index (Phi) is 2.60. The van der Waals surface area contributed by atoms with Gasteiger partial charge in [0, 0.05) is 11.9 Å². The van der Waals surface area contributed by atoms with Gasteiger partial charge in [-0.3, -0.25) is 0 Å². The molecule has 0 radical (unpaired) electrons. The van der Waals surface area contributed by atoms with Crippen LogP contribution in [0, 0.1) is 13.8 Å². The van der Waals surface area contributed by atoms with Crippen molar-refractivity contribution in [3.05, 3.63) is 28.1 Å². The summed E-state index contributed by atoms with van der Waals surface area (Å²) in [5.41, 5.74) is 2.03. The molecule has 0 saturated heterocycles. The lowest BCUT2D eigenvalue weighted by molar-refractivity contribution is 0.910. The van der Waals surface area contributed by atoms with Gasteiger partial charge in [0.05, 0.1) is 17.9 Å². The zero-order valence-corrected chi connectivity index (χ0v) is 11.8. The molecular weight excluding hydrogens is 268 g/mol. The summed E-state index contributed by atoms with van der Waals surface area (Å²) in [5.74, 6) is 0.619. The maximum absolute atomic E-state index is 6.28. The molecule has 0 unspecified atom stereocenters. The van der Waals surface area contributed by atoms with Crippen molar-refractivity contribution in [1.82, 2.24) is 19.5 Å². The molecule has 0 saturated carbocycles. The topological polar surface area (TPSA) is 43.6 Å². The average Bonchev–Trinajstić information content (AvgIpc) is 2.84. The van der Waals surface area contributed by atoms with Crippen LogP contribution in [0.15, 0.2) is 12.5 Å². The molecule has 0 N–H and O–H groups in total. The minimum Gasteiger partial charge on any atom is -0.331 e. The Bertz CT molecular complexity index is 744. The predicted molar refractivity (Wildman–Crippen MR) is 74.1 cm³/mol. The third-order valence-corrected chi connectivity index (χ3v) is 4.40. The molecule has 4 nitrogen and oxygen atoms in total. The number of hydrogen-bond donors (Lipinski definition) is 0. The van der Waals surface area contributed by atoms with E-state index in [2.05, 4.69) is 21.9 Å². The minimum atomic E-state index is 0.512. The van der Waals surface area contributed by atoms with E-state index in [0.29, 0.717) is 11.0 Å². The molecule has 18 heavy (non-hydrogen) atoms. The molecule has 0 bridgehead atoms. The molecule has 92 valence electrons. The molecule has 3 aromatic heterocycles. The van der Waals surface area contributed by atoms with Gasteiger partial charge in [0.15, 0.2) is 5.82 Å². The van der Waals surface area contributed by atoms with E-state index in [4.69, 9.17) is 11.6 Å². The summed E-state index contributed by atoms with van der Waals surface area (Å²) in [6.07, 6.45) is 3.46. The fraction of sp³-hybridized carbons (Fsp3) is 0.250. The van der Waals surface area contributed by atoms with E-state index in [9.17, 15) is 0 Å². The van der Waals surface area contributed by atoms with E-state index in [1.807, 2.05) is 18.5 Å². The van der Waals surface area contributed by atoms with Crippen molar-refractivity contribution in [3.63, 3.8) is 0 Å². The number of imidazole rings is 1. The molecule has 3 aromatic rings. The molecule has 3 rings (SSSR count). The lowest BCUT2D eigenvalue weighted by Crippen LogP contribution is -1.95. The molecule has 0 aliphatic rings. The first-order valence-electron chi connectivity index (χ1n) is 5.48. The minimum absolute atomic E-state index is 0.512. The van der Waals surface area contributed by atoms with Gasteiger partial charge in [-0.2, -0.15) is 0 Å². The van der Waals surface area contributed by atoms with Crippen LogP contribution >= 0.6 is 22.9 Å². The number of fused-ring (bicyclic) bond motifs is 1. The van der Waals surface area contributed by atoms with E-state index < -0.39 is 0 Å². The van der Waals surface area contributed by atoms with Crippen LogP contribution in [0.3, 0.4) is 0 Å². The molecule has 0 fully saturated rings. The van der Waals surface area contributed by atoms with Gasteiger partial charge in [0.2, 0.25) is 0 Å². The normalized spacial score (nSPS) is 11.3. The van der Waals surface area contributed by atoms with E-state index in [1.54, 1.807) is 23.9 Å². The Morgan fingerprint density at radius 3 is 2.72 bits per heavy atom. The van der Waals surface area contributed by atoms with Crippen molar-refractivity contribution in [2.75, 3.05) is 0 Å². The van der Waals surface area contributed by atoms with Crippen LogP contribution in [-0.2, 0) is 7.05 Å². The van der Waals surface area contributed by atoms with Crippen LogP contribution in [0.25, 0.3) is 21.7 Å². The Balaban J connectivity index is 2.31. The lowest BCUT2D eigenvalue weighted by atomic mass is 10.2. The largest absolute Gasteiger partial charge is 0.331 e. The van der Waals surface area contributed by atoms with Crippen LogP contribution < -0.4 is 0 Å². The highest BCUT2D eigenvalue weighted by molar-refractivity contribution is 7.18. The summed E-state index contributed by atoms with van der Waals surface area (Å²) in [7, 11) is 1.91. The Hall–Kier alpha value is -1.46. The van der Waals surface area contributed by atoms with Crippen LogP contribution in [0.2, 0.25) is 5.15 Å². The number of rotatable bonds is 1. The van der Waals surface area contributed by atoms with Crippen molar-refractivity contribution < 1.29 is 0 Å². The van der Waals surface area contributed by atoms with Gasteiger partial charge in [-0.15, -0.1) is 11.3 Å². The van der Waals surface area contributed by atoms with Crippen LogP contribution in [-0.4, -0.2) is 19.5 Å². The second-order valence-corrected chi connectivity index (χ2v) is 5.75. The third kappa shape index (κ3) is 1.62. The molecule has 6 heteroatoms. The van der Waals surface area contributed by atoms with Gasteiger partial charge in [-0.25, -0.2) is 15.0 Å². The monoisotopic (exact) mass is 278 g/mol. The maximum Gasteiger partial charge on any atom is 0.180 e. The fourth-order valence-corrected chi connectivity index (χ4v) is 3.28. The highest BCUT2D eigenvalue weighted by atomic mass is 35.5. The molecule has 0 aliphatic carbocycles. The van der Waals surface area contributed by atoms with Gasteiger partial charge >= 0.3 is 0 Å². The van der Waals surface area contributed by atoms with Gasteiger partial charge in [0.1, 0.15) is 15.7 Å². The maximum atomic E-state index is 6.28. The summed E-state index contributed by atoms with van der Waals surface area (Å²) in [5, 5.41) is 1.48. The lowest BCUT2D eigenvalue weighted by Gasteiger charge is -2.02. The Morgan fingerprint density at radius 1 is 1.28 bits per heavy atom. The highest BCUT2D eigenvalue weighted by Gasteiger charge is 2.15. The smallest absolute Gasteiger partial charge is 0.180 e. The molecule has 0 spiro atoms. The third-order valence-electron chi connectivity index (χ3n) is 3.03. The fourth-order valence-electron chi connectivity index (χ4n) is 1.89.